The van der Waals surface area contributed by atoms with E-state index in [1.54, 1.807) is 12.3 Å². The number of hydrogen-bond acceptors (Lipinski definition) is 6. The fourth-order valence-electron chi connectivity index (χ4n) is 3.96. The van der Waals surface area contributed by atoms with Crippen molar-refractivity contribution in [3.8, 4) is 0 Å². The Morgan fingerprint density at radius 2 is 2.19 bits per heavy atom. The Kier molecular flexibility index (Phi) is 4.40. The van der Waals surface area contributed by atoms with Crippen LogP contribution in [0, 0.1) is 13.8 Å². The van der Waals surface area contributed by atoms with Gasteiger partial charge in [-0.1, -0.05) is 0 Å². The quantitative estimate of drug-likeness (QED) is 0.910. The summed E-state index contributed by atoms with van der Waals surface area (Å²) in [6, 6.07) is 5.80. The zero-order valence-corrected chi connectivity index (χ0v) is 15.2. The van der Waals surface area contributed by atoms with Crippen LogP contribution in [-0.4, -0.2) is 52.3 Å². The summed E-state index contributed by atoms with van der Waals surface area (Å²) in [5.74, 6) is 1.46. The van der Waals surface area contributed by atoms with Gasteiger partial charge in [-0.2, -0.15) is 5.10 Å². The van der Waals surface area contributed by atoms with Crippen LogP contribution in [0.4, 0.5) is 5.82 Å². The predicted molar refractivity (Wildman–Crippen MR) is 96.1 cm³/mol. The molecule has 2 aromatic heterocycles. The second kappa shape index (κ2) is 6.72. The van der Waals surface area contributed by atoms with E-state index in [0.29, 0.717) is 24.5 Å². The van der Waals surface area contributed by atoms with Crippen molar-refractivity contribution in [3.63, 3.8) is 0 Å². The molecule has 1 spiro atoms. The molecule has 26 heavy (non-hydrogen) atoms. The largest absolute Gasteiger partial charge is 0.469 e. The summed E-state index contributed by atoms with van der Waals surface area (Å²) in [6.07, 6.45) is 4.34. The number of carbonyl (C=O) groups is 1. The van der Waals surface area contributed by atoms with Crippen molar-refractivity contribution in [1.82, 2.24) is 15.1 Å². The van der Waals surface area contributed by atoms with Crippen molar-refractivity contribution in [2.45, 2.75) is 44.8 Å². The SMILES string of the molecule is Cc1ccc(N[C@@H]2CO[C@]3(CCCN(C(=O)c4ccoc4C)C3)C2)nn1. The van der Waals surface area contributed by atoms with E-state index in [2.05, 4.69) is 15.5 Å². The first-order chi connectivity index (χ1) is 12.5. The molecule has 1 amide bonds. The third kappa shape index (κ3) is 3.31. The summed E-state index contributed by atoms with van der Waals surface area (Å²) >= 11 is 0. The molecule has 0 radical (unpaired) electrons. The van der Waals surface area contributed by atoms with Crippen LogP contribution in [0.15, 0.2) is 28.9 Å². The van der Waals surface area contributed by atoms with Crippen LogP contribution in [0.2, 0.25) is 0 Å². The number of aryl methyl sites for hydroxylation is 2. The number of furan rings is 1. The monoisotopic (exact) mass is 356 g/mol. The molecule has 0 bridgehead atoms. The normalized spacial score (nSPS) is 25.6. The third-order valence-electron chi connectivity index (χ3n) is 5.27. The molecule has 1 N–H and O–H groups in total. The fraction of sp³-hybridized carbons (Fsp3) is 0.526. The Morgan fingerprint density at radius 1 is 1.31 bits per heavy atom. The average Bonchev–Trinajstić information content (AvgIpc) is 3.23. The molecular weight excluding hydrogens is 332 g/mol. The van der Waals surface area contributed by atoms with Crippen molar-refractivity contribution in [2.75, 3.05) is 25.0 Å². The number of nitrogens with one attached hydrogen (secondary N) is 1. The van der Waals surface area contributed by atoms with Crippen molar-refractivity contribution in [2.24, 2.45) is 0 Å². The molecular formula is C19H24N4O3. The number of ether oxygens (including phenoxy) is 1. The van der Waals surface area contributed by atoms with Crippen LogP contribution in [0.3, 0.4) is 0 Å². The third-order valence-corrected chi connectivity index (χ3v) is 5.27. The Labute approximate surface area is 152 Å². The molecule has 7 nitrogen and oxygen atoms in total. The van der Waals surface area contributed by atoms with Gasteiger partial charge in [0.2, 0.25) is 0 Å². The first-order valence-corrected chi connectivity index (χ1v) is 9.09. The van der Waals surface area contributed by atoms with Crippen LogP contribution in [0.5, 0.6) is 0 Å². The molecule has 4 heterocycles. The maximum absolute atomic E-state index is 12.8. The Balaban J connectivity index is 1.41. The van der Waals surface area contributed by atoms with E-state index in [0.717, 1.165) is 37.3 Å². The number of rotatable bonds is 3. The Bertz CT molecular complexity index is 788. The van der Waals surface area contributed by atoms with Gasteiger partial charge < -0.3 is 19.4 Å². The highest BCUT2D eigenvalue weighted by molar-refractivity contribution is 5.95. The number of amides is 1. The number of anilines is 1. The van der Waals surface area contributed by atoms with Crippen LogP contribution < -0.4 is 5.32 Å². The van der Waals surface area contributed by atoms with E-state index in [9.17, 15) is 4.79 Å². The van der Waals surface area contributed by atoms with Crippen LogP contribution in [0.1, 0.15) is 41.1 Å². The van der Waals surface area contributed by atoms with E-state index in [-0.39, 0.29) is 17.6 Å². The lowest BCUT2D eigenvalue weighted by Crippen LogP contribution is -2.50. The first-order valence-electron chi connectivity index (χ1n) is 9.09. The van der Waals surface area contributed by atoms with Gasteiger partial charge in [-0.3, -0.25) is 4.79 Å². The minimum absolute atomic E-state index is 0.0275. The van der Waals surface area contributed by atoms with Gasteiger partial charge in [0.1, 0.15) is 11.6 Å². The second-order valence-electron chi connectivity index (χ2n) is 7.32. The highest BCUT2D eigenvalue weighted by Crippen LogP contribution is 2.36. The van der Waals surface area contributed by atoms with E-state index in [4.69, 9.17) is 9.15 Å². The number of carbonyl (C=O) groups excluding carboxylic acids is 1. The molecule has 2 aliphatic rings. The van der Waals surface area contributed by atoms with E-state index >= 15 is 0 Å². The van der Waals surface area contributed by atoms with Gasteiger partial charge in [-0.15, -0.1) is 5.10 Å². The zero-order valence-electron chi connectivity index (χ0n) is 15.2. The number of likely N-dealkylation sites (tertiary alicyclic amines) is 1. The summed E-state index contributed by atoms with van der Waals surface area (Å²) in [4.78, 5) is 14.7. The molecule has 4 rings (SSSR count). The van der Waals surface area contributed by atoms with Crippen molar-refractivity contribution in [1.29, 1.82) is 0 Å². The van der Waals surface area contributed by atoms with Crippen molar-refractivity contribution < 1.29 is 13.9 Å². The second-order valence-corrected chi connectivity index (χ2v) is 7.32. The molecule has 2 aliphatic heterocycles. The van der Waals surface area contributed by atoms with Crippen molar-refractivity contribution in [3.05, 3.63) is 41.5 Å². The summed E-state index contributed by atoms with van der Waals surface area (Å²) < 4.78 is 11.5. The minimum atomic E-state index is -0.276. The van der Waals surface area contributed by atoms with Crippen LogP contribution in [-0.2, 0) is 4.74 Å². The van der Waals surface area contributed by atoms with Gasteiger partial charge in [-0.05, 0) is 44.9 Å². The van der Waals surface area contributed by atoms with Gasteiger partial charge in [0.05, 0.1) is 42.3 Å². The molecule has 2 atom stereocenters. The molecule has 0 saturated carbocycles. The lowest BCUT2D eigenvalue weighted by Gasteiger charge is -2.39. The predicted octanol–water partition coefficient (Wildman–Crippen LogP) is 2.56. The van der Waals surface area contributed by atoms with Gasteiger partial charge in [0.25, 0.3) is 5.91 Å². The molecule has 2 aromatic rings. The lowest BCUT2D eigenvalue weighted by atomic mass is 9.88. The average molecular weight is 356 g/mol. The van der Waals surface area contributed by atoms with Gasteiger partial charge in [0, 0.05) is 13.0 Å². The highest BCUT2D eigenvalue weighted by Gasteiger charge is 2.44. The molecule has 2 saturated heterocycles. The molecule has 7 heteroatoms. The standard InChI is InChI=1S/C19H24N4O3/c1-13-4-5-17(22-21-13)20-15-10-19(26-11-15)7-3-8-23(12-19)18(24)16-6-9-25-14(16)2/h4-6,9,15H,3,7-8,10-12H2,1-2H3,(H,20,22)/t15-,19+/m0/s1. The fourth-order valence-corrected chi connectivity index (χ4v) is 3.96. The molecule has 138 valence electrons. The zero-order chi connectivity index (χ0) is 18.1. The van der Waals surface area contributed by atoms with Gasteiger partial charge >= 0.3 is 0 Å². The lowest BCUT2D eigenvalue weighted by molar-refractivity contribution is -0.0447. The first kappa shape index (κ1) is 17.0. The van der Waals surface area contributed by atoms with E-state index < -0.39 is 0 Å². The topological polar surface area (TPSA) is 80.5 Å². The van der Waals surface area contributed by atoms with Crippen LogP contribution in [0.25, 0.3) is 0 Å². The van der Waals surface area contributed by atoms with Crippen LogP contribution >= 0.6 is 0 Å². The maximum atomic E-state index is 12.8. The number of hydrogen-bond donors (Lipinski definition) is 1. The Morgan fingerprint density at radius 3 is 2.92 bits per heavy atom. The minimum Gasteiger partial charge on any atom is -0.469 e. The maximum Gasteiger partial charge on any atom is 0.257 e. The van der Waals surface area contributed by atoms with E-state index in [1.807, 2.05) is 30.9 Å². The smallest absolute Gasteiger partial charge is 0.257 e. The van der Waals surface area contributed by atoms with Gasteiger partial charge in [-0.25, -0.2) is 0 Å². The summed E-state index contributed by atoms with van der Waals surface area (Å²) in [7, 11) is 0. The van der Waals surface area contributed by atoms with Gasteiger partial charge in [0.15, 0.2) is 0 Å². The van der Waals surface area contributed by atoms with E-state index in [1.165, 1.54) is 0 Å². The number of aromatic nitrogens is 2. The number of piperidine rings is 1. The molecule has 2 fully saturated rings. The molecule has 0 aliphatic carbocycles. The summed E-state index contributed by atoms with van der Waals surface area (Å²) in [6.45, 7) is 5.73. The molecule has 0 aromatic carbocycles. The number of nitrogens with zero attached hydrogens (tertiary/aromatic N) is 3. The van der Waals surface area contributed by atoms with Crippen molar-refractivity contribution >= 4 is 11.7 Å². The highest BCUT2D eigenvalue weighted by atomic mass is 16.5. The summed E-state index contributed by atoms with van der Waals surface area (Å²) in [5.41, 5.74) is 1.26. The summed E-state index contributed by atoms with van der Waals surface area (Å²) in [5, 5.41) is 11.7. The molecule has 0 unspecified atom stereocenters. The Hall–Kier alpha value is -2.41.